The summed E-state index contributed by atoms with van der Waals surface area (Å²) in [6.07, 6.45) is 1.85. The molecule has 4 atom stereocenters. The van der Waals surface area contributed by atoms with E-state index in [0.717, 1.165) is 31.2 Å². The molecule has 2 unspecified atom stereocenters. The molecule has 0 bridgehead atoms. The Hall–Kier alpha value is -1.07. The number of rotatable bonds is 13. The largest absolute Gasteiger partial charge is 0.378 e. The first-order valence-corrected chi connectivity index (χ1v) is 13.2. The highest BCUT2D eigenvalue weighted by Crippen LogP contribution is 2.44. The molecule has 188 valence electrons. The van der Waals surface area contributed by atoms with E-state index >= 15 is 0 Å². The third-order valence-corrected chi connectivity index (χ3v) is 7.09. The number of hydrogen-bond acceptors (Lipinski definition) is 8. The lowest BCUT2D eigenvalue weighted by molar-refractivity contribution is -0.258. The van der Waals surface area contributed by atoms with Crippen molar-refractivity contribution in [2.45, 2.75) is 95.1 Å². The topological polar surface area (TPSA) is 89.5 Å². The summed E-state index contributed by atoms with van der Waals surface area (Å²) in [7, 11) is -4.01. The van der Waals surface area contributed by atoms with Gasteiger partial charge in [0.05, 0.1) is 11.5 Å². The molecule has 2 aliphatic heterocycles. The molecule has 0 aliphatic carbocycles. The molecule has 1 aromatic carbocycles. The molecule has 3 rings (SSSR count). The lowest BCUT2D eigenvalue weighted by atomic mass is 9.96. The summed E-state index contributed by atoms with van der Waals surface area (Å²) in [6, 6.07) is 6.53. The molecule has 1 aromatic rings. The monoisotopic (exact) mass is 486 g/mol. The first-order valence-electron chi connectivity index (χ1n) is 11.8. The zero-order valence-corrected chi connectivity index (χ0v) is 21.2. The van der Waals surface area contributed by atoms with Crippen molar-refractivity contribution in [3.8, 4) is 0 Å². The molecule has 2 saturated heterocycles. The van der Waals surface area contributed by atoms with Crippen molar-refractivity contribution in [1.29, 1.82) is 0 Å². The fourth-order valence-electron chi connectivity index (χ4n) is 3.97. The fourth-order valence-corrected chi connectivity index (χ4v) is 4.93. The summed E-state index contributed by atoms with van der Waals surface area (Å²) in [5.41, 5.74) is -0.228. The van der Waals surface area contributed by atoms with Crippen molar-refractivity contribution in [1.82, 2.24) is 0 Å². The van der Waals surface area contributed by atoms with Crippen molar-refractivity contribution < 1.29 is 36.3 Å². The minimum atomic E-state index is -4.01. The van der Waals surface area contributed by atoms with Crippen molar-refractivity contribution in [2.24, 2.45) is 0 Å². The number of ether oxygens (including phenoxy) is 5. The molecule has 2 fully saturated rings. The Morgan fingerprint density at radius 1 is 0.939 bits per heavy atom. The van der Waals surface area contributed by atoms with Crippen LogP contribution in [0, 0.1) is 6.92 Å². The molecule has 0 aromatic heterocycles. The molecule has 2 aliphatic rings. The summed E-state index contributed by atoms with van der Waals surface area (Å²) >= 11 is 0. The van der Waals surface area contributed by atoms with Crippen LogP contribution >= 0.6 is 0 Å². The number of unbranched alkanes of at least 4 members (excludes halogenated alkanes) is 2. The molecule has 8 nitrogen and oxygen atoms in total. The highest BCUT2D eigenvalue weighted by atomic mass is 32.2. The predicted molar refractivity (Wildman–Crippen MR) is 122 cm³/mol. The van der Waals surface area contributed by atoms with Gasteiger partial charge in [-0.1, -0.05) is 44.4 Å². The lowest BCUT2D eigenvalue weighted by Crippen LogP contribution is -2.53. The van der Waals surface area contributed by atoms with E-state index in [1.165, 1.54) is 12.1 Å². The Kier molecular flexibility index (Phi) is 8.94. The normalized spacial score (nSPS) is 28.8. The van der Waals surface area contributed by atoms with Crippen molar-refractivity contribution in [3.05, 3.63) is 29.8 Å². The Morgan fingerprint density at radius 2 is 1.61 bits per heavy atom. The van der Waals surface area contributed by atoms with Gasteiger partial charge in [-0.3, -0.25) is 4.18 Å². The minimum absolute atomic E-state index is 0.0884. The van der Waals surface area contributed by atoms with E-state index in [-0.39, 0.29) is 18.1 Å². The van der Waals surface area contributed by atoms with Crippen LogP contribution in [0.25, 0.3) is 0 Å². The second-order valence-electron chi connectivity index (χ2n) is 9.23. The van der Waals surface area contributed by atoms with E-state index in [0.29, 0.717) is 13.2 Å². The van der Waals surface area contributed by atoms with E-state index in [1.807, 2.05) is 20.8 Å². The van der Waals surface area contributed by atoms with Crippen molar-refractivity contribution >= 4 is 10.1 Å². The van der Waals surface area contributed by atoms with Crippen LogP contribution in [0.3, 0.4) is 0 Å². The van der Waals surface area contributed by atoms with Gasteiger partial charge in [0.1, 0.15) is 24.4 Å². The average molecular weight is 487 g/mol. The van der Waals surface area contributed by atoms with E-state index in [2.05, 4.69) is 13.8 Å². The predicted octanol–water partition coefficient (Wildman–Crippen LogP) is 3.95. The molecule has 2 heterocycles. The fraction of sp³-hybridized carbons (Fsp3) is 0.750. The summed E-state index contributed by atoms with van der Waals surface area (Å²) < 4.78 is 61.8. The number of aryl methyl sites for hydroxylation is 1. The quantitative estimate of drug-likeness (QED) is 0.306. The SMILES string of the molecule is CCCCOC[C@@]1(COS(=O)(=O)c2ccc(C)cc2)O[C@@H]2OC(C)(C)OC2C1OCCCC. The molecule has 0 N–H and O–H groups in total. The first kappa shape index (κ1) is 26.5. The zero-order valence-electron chi connectivity index (χ0n) is 20.4. The molecule has 0 saturated carbocycles. The van der Waals surface area contributed by atoms with E-state index in [9.17, 15) is 8.42 Å². The standard InChI is InChI=1S/C24H38O8S/c1-6-8-14-27-16-24(17-29-33(25,26)19-12-10-18(3)11-13-19)21(28-15-9-7-2)20-22(32-24)31-23(4,5)30-20/h10-13,20-22H,6-9,14-17H2,1-5H3/t20?,21?,22-,24-/m0/s1. The third kappa shape index (κ3) is 6.54. The Bertz CT molecular complexity index is 854. The lowest BCUT2D eigenvalue weighted by Gasteiger charge is -2.36. The van der Waals surface area contributed by atoms with E-state index in [1.54, 1.807) is 12.1 Å². The van der Waals surface area contributed by atoms with Gasteiger partial charge >= 0.3 is 0 Å². The van der Waals surface area contributed by atoms with Crippen LogP contribution in [0.1, 0.15) is 58.9 Å². The van der Waals surface area contributed by atoms with Gasteiger partial charge in [0.2, 0.25) is 0 Å². The Balaban J connectivity index is 1.83. The van der Waals surface area contributed by atoms with Gasteiger partial charge in [0, 0.05) is 13.2 Å². The van der Waals surface area contributed by atoms with Gasteiger partial charge in [-0.25, -0.2) is 0 Å². The van der Waals surface area contributed by atoms with Crippen LogP contribution in [0.15, 0.2) is 29.2 Å². The van der Waals surface area contributed by atoms with Crippen LogP contribution in [0.5, 0.6) is 0 Å². The highest BCUT2D eigenvalue weighted by molar-refractivity contribution is 7.86. The van der Waals surface area contributed by atoms with E-state index in [4.69, 9.17) is 27.9 Å². The maximum atomic E-state index is 12.9. The average Bonchev–Trinajstić information content (AvgIpc) is 3.20. The summed E-state index contributed by atoms with van der Waals surface area (Å²) in [5.74, 6) is -0.828. The van der Waals surface area contributed by atoms with Gasteiger partial charge in [-0.05, 0) is 45.7 Å². The number of benzene rings is 1. The van der Waals surface area contributed by atoms with Crippen LogP contribution in [0.4, 0.5) is 0 Å². The number of fused-ring (bicyclic) bond motifs is 1. The molecular weight excluding hydrogens is 448 g/mol. The second kappa shape index (κ2) is 11.1. The zero-order chi connectivity index (χ0) is 24.1. The maximum absolute atomic E-state index is 12.9. The van der Waals surface area contributed by atoms with E-state index < -0.39 is 40.0 Å². The smallest absolute Gasteiger partial charge is 0.297 e. The van der Waals surface area contributed by atoms with Crippen molar-refractivity contribution in [3.63, 3.8) is 0 Å². The summed E-state index contributed by atoms with van der Waals surface area (Å²) in [5, 5.41) is 0. The first-order chi connectivity index (χ1) is 15.6. The second-order valence-corrected chi connectivity index (χ2v) is 10.8. The minimum Gasteiger partial charge on any atom is -0.378 e. The molecule has 0 radical (unpaired) electrons. The Labute approximate surface area is 198 Å². The molecule has 9 heteroatoms. The van der Waals surface area contributed by atoms with Gasteiger partial charge in [0.15, 0.2) is 12.1 Å². The molecule has 0 amide bonds. The molecular formula is C24H38O8S. The van der Waals surface area contributed by atoms with Crippen molar-refractivity contribution in [2.75, 3.05) is 26.4 Å². The van der Waals surface area contributed by atoms with Gasteiger partial charge in [-0.2, -0.15) is 8.42 Å². The number of hydrogen-bond donors (Lipinski definition) is 0. The van der Waals surface area contributed by atoms with Crippen LogP contribution in [-0.4, -0.2) is 64.7 Å². The van der Waals surface area contributed by atoms with Gasteiger partial charge in [0.25, 0.3) is 10.1 Å². The molecule has 0 spiro atoms. The van der Waals surface area contributed by atoms with Gasteiger partial charge in [-0.15, -0.1) is 0 Å². The third-order valence-electron chi connectivity index (χ3n) is 5.81. The van der Waals surface area contributed by atoms with Gasteiger partial charge < -0.3 is 23.7 Å². The maximum Gasteiger partial charge on any atom is 0.297 e. The van der Waals surface area contributed by atoms with Crippen LogP contribution < -0.4 is 0 Å². The molecule has 33 heavy (non-hydrogen) atoms. The summed E-state index contributed by atoms with van der Waals surface area (Å²) in [6.45, 7) is 10.5. The van der Waals surface area contributed by atoms with Crippen LogP contribution in [0.2, 0.25) is 0 Å². The van der Waals surface area contributed by atoms with Crippen LogP contribution in [-0.2, 0) is 38.0 Å². The summed E-state index contributed by atoms with van der Waals surface area (Å²) in [4.78, 5) is 0.0884. The highest BCUT2D eigenvalue weighted by Gasteiger charge is 2.63. The Morgan fingerprint density at radius 3 is 2.27 bits per heavy atom.